The van der Waals surface area contributed by atoms with Crippen LogP contribution in [0.15, 0.2) is 24.3 Å². The average Bonchev–Trinajstić information content (AvgIpc) is 2.92. The third-order valence-corrected chi connectivity index (χ3v) is 3.04. The molecule has 110 valence electrons. The van der Waals surface area contributed by atoms with Crippen molar-refractivity contribution < 1.29 is 9.47 Å². The van der Waals surface area contributed by atoms with E-state index in [1.165, 1.54) is 0 Å². The Morgan fingerprint density at radius 2 is 1.90 bits per heavy atom. The van der Waals surface area contributed by atoms with Crippen molar-refractivity contribution in [3.8, 4) is 11.5 Å². The van der Waals surface area contributed by atoms with Crippen LogP contribution in [0.25, 0.3) is 0 Å². The van der Waals surface area contributed by atoms with Crippen LogP contribution in [-0.2, 0) is 0 Å². The van der Waals surface area contributed by atoms with Crippen LogP contribution in [0.3, 0.4) is 0 Å². The average molecular weight is 286 g/mol. The fraction of sp³-hybridized carbons (Fsp3) is 0.333. The van der Waals surface area contributed by atoms with Crippen molar-refractivity contribution in [3.63, 3.8) is 0 Å². The molecule has 1 aromatic heterocycles. The standard InChI is InChI=1S/C15H18N4O2/c1-3-6-16-14-8-15(18-10(2)17-14)19-11-4-5-12-13(7-11)21-9-20-12/h4-5,7-8H,3,6,9H2,1-2H3,(H2,16,17,18,19). The first-order valence-corrected chi connectivity index (χ1v) is 7.01. The number of hydrogen-bond acceptors (Lipinski definition) is 6. The quantitative estimate of drug-likeness (QED) is 0.880. The smallest absolute Gasteiger partial charge is 0.231 e. The monoisotopic (exact) mass is 286 g/mol. The highest BCUT2D eigenvalue weighted by Crippen LogP contribution is 2.35. The molecule has 0 bridgehead atoms. The Balaban J connectivity index is 1.79. The van der Waals surface area contributed by atoms with Crippen LogP contribution < -0.4 is 20.1 Å². The van der Waals surface area contributed by atoms with Crippen molar-refractivity contribution in [1.29, 1.82) is 0 Å². The van der Waals surface area contributed by atoms with Crippen molar-refractivity contribution in [1.82, 2.24) is 9.97 Å². The molecule has 0 spiro atoms. The topological polar surface area (TPSA) is 68.3 Å². The third kappa shape index (κ3) is 3.16. The summed E-state index contributed by atoms with van der Waals surface area (Å²) in [5.41, 5.74) is 0.902. The fourth-order valence-electron chi connectivity index (χ4n) is 2.10. The molecule has 21 heavy (non-hydrogen) atoms. The maximum Gasteiger partial charge on any atom is 0.231 e. The number of anilines is 3. The predicted octanol–water partition coefficient (Wildman–Crippen LogP) is 3.08. The highest BCUT2D eigenvalue weighted by Gasteiger charge is 2.13. The second kappa shape index (κ2) is 5.87. The number of fused-ring (bicyclic) bond motifs is 1. The first-order valence-electron chi connectivity index (χ1n) is 7.01. The molecule has 0 amide bonds. The first kappa shape index (κ1) is 13.5. The Bertz CT molecular complexity index is 646. The van der Waals surface area contributed by atoms with Gasteiger partial charge in [0.05, 0.1) is 0 Å². The molecule has 1 aliphatic heterocycles. The summed E-state index contributed by atoms with van der Waals surface area (Å²) in [5.74, 6) is 3.81. The van der Waals surface area contributed by atoms with E-state index in [0.29, 0.717) is 0 Å². The largest absolute Gasteiger partial charge is 0.454 e. The lowest BCUT2D eigenvalue weighted by molar-refractivity contribution is 0.174. The molecule has 0 aliphatic carbocycles. The van der Waals surface area contributed by atoms with Gasteiger partial charge in [-0.25, -0.2) is 9.97 Å². The molecular formula is C15H18N4O2. The number of aromatic nitrogens is 2. The SMILES string of the molecule is CCCNc1cc(Nc2ccc3c(c2)OCO3)nc(C)n1. The molecule has 0 radical (unpaired) electrons. The lowest BCUT2D eigenvalue weighted by Gasteiger charge is -2.10. The maximum absolute atomic E-state index is 5.37. The van der Waals surface area contributed by atoms with Gasteiger partial charge in [-0.1, -0.05) is 6.92 Å². The van der Waals surface area contributed by atoms with Gasteiger partial charge < -0.3 is 20.1 Å². The molecule has 6 nitrogen and oxygen atoms in total. The highest BCUT2D eigenvalue weighted by atomic mass is 16.7. The van der Waals surface area contributed by atoms with Crippen LogP contribution >= 0.6 is 0 Å². The van der Waals surface area contributed by atoms with Gasteiger partial charge in [0.1, 0.15) is 17.5 Å². The normalized spacial score (nSPS) is 12.3. The molecule has 2 N–H and O–H groups in total. The predicted molar refractivity (Wildman–Crippen MR) is 81.4 cm³/mol. The Hall–Kier alpha value is -2.50. The van der Waals surface area contributed by atoms with E-state index in [1.807, 2.05) is 31.2 Å². The third-order valence-electron chi connectivity index (χ3n) is 3.04. The Morgan fingerprint density at radius 3 is 2.76 bits per heavy atom. The second-order valence-corrected chi connectivity index (χ2v) is 4.81. The van der Waals surface area contributed by atoms with Gasteiger partial charge >= 0.3 is 0 Å². The summed E-state index contributed by atoms with van der Waals surface area (Å²) in [6.07, 6.45) is 1.05. The summed E-state index contributed by atoms with van der Waals surface area (Å²) in [5, 5.41) is 6.53. The molecule has 0 atom stereocenters. The van der Waals surface area contributed by atoms with Crippen LogP contribution in [0.4, 0.5) is 17.3 Å². The molecule has 1 aliphatic rings. The van der Waals surface area contributed by atoms with Gasteiger partial charge in [0, 0.05) is 24.4 Å². The first-order chi connectivity index (χ1) is 10.2. The number of nitrogens with zero attached hydrogens (tertiary/aromatic N) is 2. The molecule has 0 saturated carbocycles. The van der Waals surface area contributed by atoms with Gasteiger partial charge in [0.15, 0.2) is 11.5 Å². The minimum atomic E-state index is 0.274. The summed E-state index contributed by atoms with van der Waals surface area (Å²) in [6.45, 7) is 5.16. The molecule has 3 rings (SSSR count). The van der Waals surface area contributed by atoms with Crippen molar-refractivity contribution in [2.45, 2.75) is 20.3 Å². The minimum absolute atomic E-state index is 0.274. The fourth-order valence-corrected chi connectivity index (χ4v) is 2.10. The van der Waals surface area contributed by atoms with E-state index in [9.17, 15) is 0 Å². The summed E-state index contributed by atoms with van der Waals surface area (Å²) in [6, 6.07) is 7.62. The molecule has 2 aromatic rings. The van der Waals surface area contributed by atoms with Gasteiger partial charge in [-0.15, -0.1) is 0 Å². The summed E-state index contributed by atoms with van der Waals surface area (Å²) in [7, 11) is 0. The molecule has 0 unspecified atom stereocenters. The van der Waals surface area contributed by atoms with Crippen molar-refractivity contribution in [3.05, 3.63) is 30.1 Å². The minimum Gasteiger partial charge on any atom is -0.454 e. The van der Waals surface area contributed by atoms with Gasteiger partial charge in [-0.05, 0) is 25.5 Å². The number of benzene rings is 1. The Morgan fingerprint density at radius 1 is 1.10 bits per heavy atom. The van der Waals surface area contributed by atoms with Crippen LogP contribution in [0.5, 0.6) is 11.5 Å². The molecule has 0 fully saturated rings. The zero-order chi connectivity index (χ0) is 14.7. The molecule has 6 heteroatoms. The van der Waals surface area contributed by atoms with Gasteiger partial charge in [0.2, 0.25) is 6.79 Å². The summed E-state index contributed by atoms with van der Waals surface area (Å²) in [4.78, 5) is 8.76. The molecular weight excluding hydrogens is 268 g/mol. The highest BCUT2D eigenvalue weighted by molar-refractivity contribution is 5.63. The lowest BCUT2D eigenvalue weighted by atomic mass is 10.3. The number of rotatable bonds is 5. The van der Waals surface area contributed by atoms with Crippen molar-refractivity contribution in [2.24, 2.45) is 0 Å². The zero-order valence-corrected chi connectivity index (χ0v) is 12.1. The van der Waals surface area contributed by atoms with Crippen molar-refractivity contribution >= 4 is 17.3 Å². The van der Waals surface area contributed by atoms with Crippen molar-refractivity contribution in [2.75, 3.05) is 24.0 Å². The number of hydrogen-bond donors (Lipinski definition) is 2. The van der Waals surface area contributed by atoms with Gasteiger partial charge in [0.25, 0.3) is 0 Å². The van der Waals surface area contributed by atoms with Crippen LogP contribution in [0, 0.1) is 6.92 Å². The van der Waals surface area contributed by atoms with Gasteiger partial charge in [-0.3, -0.25) is 0 Å². The van der Waals surface area contributed by atoms with Crippen LogP contribution in [0.1, 0.15) is 19.2 Å². The van der Waals surface area contributed by atoms with E-state index >= 15 is 0 Å². The molecule has 2 heterocycles. The van der Waals surface area contributed by atoms with E-state index in [2.05, 4.69) is 27.5 Å². The van der Waals surface area contributed by atoms with E-state index < -0.39 is 0 Å². The van der Waals surface area contributed by atoms with Gasteiger partial charge in [-0.2, -0.15) is 0 Å². The maximum atomic E-state index is 5.37. The Labute approximate surface area is 123 Å². The zero-order valence-electron chi connectivity index (χ0n) is 12.1. The Kier molecular flexibility index (Phi) is 3.77. The van der Waals surface area contributed by atoms with Crippen LogP contribution in [0.2, 0.25) is 0 Å². The lowest BCUT2D eigenvalue weighted by Crippen LogP contribution is -2.05. The number of aryl methyl sites for hydroxylation is 1. The molecule has 0 saturated heterocycles. The summed E-state index contributed by atoms with van der Waals surface area (Å²) >= 11 is 0. The van der Waals surface area contributed by atoms with E-state index in [-0.39, 0.29) is 6.79 Å². The number of nitrogens with one attached hydrogen (secondary N) is 2. The van der Waals surface area contributed by atoms with Crippen LogP contribution in [-0.4, -0.2) is 23.3 Å². The molecule has 1 aromatic carbocycles. The van der Waals surface area contributed by atoms with E-state index in [4.69, 9.17) is 9.47 Å². The van der Waals surface area contributed by atoms with E-state index in [1.54, 1.807) is 0 Å². The second-order valence-electron chi connectivity index (χ2n) is 4.81. The summed E-state index contributed by atoms with van der Waals surface area (Å²) < 4.78 is 10.7. The van der Waals surface area contributed by atoms with E-state index in [0.717, 1.165) is 47.6 Å². The number of ether oxygens (including phenoxy) is 2.